The summed E-state index contributed by atoms with van der Waals surface area (Å²) in [5.41, 5.74) is -0.643. The zero-order valence-corrected chi connectivity index (χ0v) is 47.1. The molecule has 5 heterocycles. The van der Waals surface area contributed by atoms with E-state index in [0.29, 0.717) is 46.6 Å². The maximum atomic E-state index is 18.6. The van der Waals surface area contributed by atoms with E-state index >= 15 is 8.96 Å². The number of aromatic amines is 1. The Bertz CT molecular complexity index is 3760. The molecule has 3 aliphatic rings. The summed E-state index contributed by atoms with van der Waals surface area (Å²) in [6.45, 7) is 6.40. The van der Waals surface area contributed by atoms with E-state index in [2.05, 4.69) is 40.5 Å². The van der Waals surface area contributed by atoms with E-state index in [4.69, 9.17) is 32.5 Å². The van der Waals surface area contributed by atoms with Crippen molar-refractivity contribution in [2.24, 2.45) is 23.7 Å². The van der Waals surface area contributed by atoms with Crippen molar-refractivity contribution in [2.45, 2.75) is 88.8 Å². The maximum absolute atomic E-state index is 18.6. The van der Waals surface area contributed by atoms with Gasteiger partial charge in [0.05, 0.1) is 64.2 Å². The van der Waals surface area contributed by atoms with Crippen LogP contribution in [0.15, 0.2) is 133 Å². The molecule has 1 saturated heterocycles. The van der Waals surface area contributed by atoms with Gasteiger partial charge in [-0.3, -0.25) is 42.8 Å². The van der Waals surface area contributed by atoms with Crippen molar-refractivity contribution in [3.05, 3.63) is 161 Å². The van der Waals surface area contributed by atoms with Gasteiger partial charge in [0.2, 0.25) is 11.9 Å². The monoisotopic (exact) mass is 1150 g/mol. The van der Waals surface area contributed by atoms with Crippen molar-refractivity contribution in [2.75, 3.05) is 38.1 Å². The second kappa shape index (κ2) is 23.2. The number of imidazole rings is 2. The first-order valence-electron chi connectivity index (χ1n) is 27.3. The van der Waals surface area contributed by atoms with Crippen LogP contribution < -0.4 is 25.7 Å². The average Bonchev–Trinajstić information content (AvgIpc) is 1.89. The van der Waals surface area contributed by atoms with E-state index in [1.165, 1.54) is 23.5 Å². The number of carbonyl (C=O) groups is 2. The molecule has 0 bridgehead atoms. The highest BCUT2D eigenvalue weighted by molar-refractivity contribution is 7.48. The average molecular weight is 1150 g/mol. The Balaban J connectivity index is 0.998. The highest BCUT2D eigenvalue weighted by Gasteiger charge is 2.73. The van der Waals surface area contributed by atoms with Gasteiger partial charge < -0.3 is 28.8 Å². The number of amides is 2. The zero-order chi connectivity index (χ0) is 58.2. The Labute approximate surface area is 476 Å². The Kier molecular flexibility index (Phi) is 15.8. The summed E-state index contributed by atoms with van der Waals surface area (Å²) in [6, 6.07) is 34.2. The van der Waals surface area contributed by atoms with Crippen molar-refractivity contribution < 1.29 is 51.1 Å². The number of rotatable bonds is 22. The molecule has 2 unspecified atom stereocenters. The molecule has 3 fully saturated rings. The lowest BCUT2D eigenvalue weighted by atomic mass is 9.79. The first kappa shape index (κ1) is 56.6. The fourth-order valence-electron chi connectivity index (χ4n) is 11.9. The van der Waals surface area contributed by atoms with Crippen molar-refractivity contribution in [1.82, 2.24) is 39.0 Å². The molecule has 4 aromatic heterocycles. The fourth-order valence-corrected chi connectivity index (χ4v) is 13.4. The van der Waals surface area contributed by atoms with Crippen LogP contribution in [-0.2, 0) is 43.5 Å². The Hall–Kier alpha value is -8.23. The molecular weight excluding hydrogens is 1090 g/mol. The summed E-state index contributed by atoms with van der Waals surface area (Å²) in [6.07, 6.45) is -2.52. The number of hydrogen-bond acceptors (Lipinski definition) is 17. The lowest BCUT2D eigenvalue weighted by Gasteiger charge is -2.39. The van der Waals surface area contributed by atoms with Crippen LogP contribution in [0.4, 0.5) is 16.2 Å². The van der Waals surface area contributed by atoms with Gasteiger partial charge in [-0.25, -0.2) is 28.9 Å². The van der Waals surface area contributed by atoms with Crippen LogP contribution in [0.1, 0.15) is 80.2 Å². The number of hydrogen-bond donors (Lipinski definition) is 3. The summed E-state index contributed by atoms with van der Waals surface area (Å²) in [4.78, 5) is 64.8. The molecule has 22 nitrogen and oxygen atoms in total. The van der Waals surface area contributed by atoms with Crippen LogP contribution in [0.2, 0.25) is 0 Å². The number of phosphoric acid groups is 1. The minimum absolute atomic E-state index is 0.0131. The number of benzene rings is 4. The number of ether oxygens (including phenoxy) is 4. The summed E-state index contributed by atoms with van der Waals surface area (Å²) in [5, 5.41) is 15.2. The summed E-state index contributed by atoms with van der Waals surface area (Å²) in [5.74, 6) is -0.498. The van der Waals surface area contributed by atoms with Crippen LogP contribution in [0.25, 0.3) is 22.3 Å². The molecule has 4 aromatic carbocycles. The van der Waals surface area contributed by atoms with E-state index in [1.54, 1.807) is 87.2 Å². The molecule has 2 aliphatic carbocycles. The molecule has 0 radical (unpaired) electrons. The van der Waals surface area contributed by atoms with Crippen molar-refractivity contribution >= 4 is 53.7 Å². The molecule has 0 spiro atoms. The smallest absolute Gasteiger partial charge is 0.475 e. The minimum Gasteiger partial charge on any atom is -0.497 e. The molecule has 3 N–H and O–H groups in total. The Morgan fingerprint density at radius 2 is 1.53 bits per heavy atom. The number of nitrogens with zero attached hydrogens (tertiary/aromatic N) is 8. The first-order chi connectivity index (χ1) is 40.2. The quantitative estimate of drug-likeness (QED) is 0.0324. The van der Waals surface area contributed by atoms with E-state index in [0.717, 1.165) is 0 Å². The van der Waals surface area contributed by atoms with Gasteiger partial charge >= 0.3 is 7.82 Å². The minimum atomic E-state index is -4.84. The molecule has 430 valence electrons. The largest absolute Gasteiger partial charge is 0.497 e. The van der Waals surface area contributed by atoms with Crippen LogP contribution in [0.5, 0.6) is 11.5 Å². The third-order valence-electron chi connectivity index (χ3n) is 16.0. The number of halogens is 1. The fraction of sp³-hybridized carbons (Fsp3) is 0.373. The predicted octanol–water partition coefficient (Wildman–Crippen LogP) is 9.27. The zero-order valence-electron chi connectivity index (χ0n) is 46.2. The second-order valence-corrected chi connectivity index (χ2v) is 22.7. The molecule has 8 aromatic rings. The summed E-state index contributed by atoms with van der Waals surface area (Å²) >= 11 is 0. The first-order valence-corrected chi connectivity index (χ1v) is 28.7. The van der Waals surface area contributed by atoms with E-state index in [1.807, 2.05) is 74.5 Å². The molecule has 11 rings (SSSR count). The van der Waals surface area contributed by atoms with E-state index in [-0.39, 0.29) is 70.8 Å². The molecule has 1 aliphatic heterocycles. The number of nitrogens with one attached hydrogen (secondary N) is 3. The maximum Gasteiger partial charge on any atom is 0.475 e. The van der Waals surface area contributed by atoms with Gasteiger partial charge in [-0.05, 0) is 77.3 Å². The third kappa shape index (κ3) is 10.4. The third-order valence-corrected chi connectivity index (χ3v) is 17.5. The lowest BCUT2D eigenvalue weighted by Crippen LogP contribution is -2.44. The Morgan fingerprint density at radius 1 is 0.880 bits per heavy atom. The summed E-state index contributed by atoms with van der Waals surface area (Å²) < 4.78 is 82.1. The molecule has 83 heavy (non-hydrogen) atoms. The van der Waals surface area contributed by atoms with Crippen molar-refractivity contribution in [3.8, 4) is 17.6 Å². The normalized spacial score (nSPS) is 23.6. The van der Waals surface area contributed by atoms with Crippen molar-refractivity contribution in [1.29, 1.82) is 5.26 Å². The Morgan fingerprint density at radius 3 is 2.17 bits per heavy atom. The lowest BCUT2D eigenvalue weighted by molar-refractivity contribution is -0.118. The van der Waals surface area contributed by atoms with Crippen LogP contribution in [0.3, 0.4) is 0 Å². The number of carbonyl (C=O) groups excluding carboxylic acids is 2. The standard InChI is InChI=1S/C59H61FN11O11P/c1-7-42-35(4)49(58(29-43(42)58)71-33-65-47-52(71)67-57(69-55(47)74)68-53(72)34(2)3)82-83(75,78-28-14-27-61)79-30-44-48(45(60)56(80-44)70-32-64-46-50(62-31-63-51(46)70)66-54(73)36-15-10-8-11-16-36)81-59(37-17-12-9-13-18-37,38-19-23-40(76-5)24-20-38)39-21-25-41(77-6)26-22-39/h8-13,15-26,31-35,42-45,48-49,56H,7,14,28-30H2,1-6H3,(H,62,63,66,73)(H2,67,68,69,72,74)/t35-,42-,43+,44-,45-,48-,49-,56-,58?,83?/m1/s1. The van der Waals surface area contributed by atoms with Gasteiger partial charge in [-0.1, -0.05) is 107 Å². The second-order valence-electron chi connectivity index (χ2n) is 21.1. The molecular formula is C59H61FN11O11P. The number of methoxy groups -OCH3 is 2. The number of anilines is 2. The van der Waals surface area contributed by atoms with Crippen molar-refractivity contribution in [3.63, 3.8) is 0 Å². The van der Waals surface area contributed by atoms with Gasteiger partial charge in [-0.2, -0.15) is 10.2 Å². The molecule has 2 saturated carbocycles. The van der Waals surface area contributed by atoms with Gasteiger partial charge in [-0.15, -0.1) is 0 Å². The van der Waals surface area contributed by atoms with Gasteiger partial charge in [0.25, 0.3) is 11.5 Å². The number of H-pyrrole nitrogens is 1. The van der Waals surface area contributed by atoms with E-state index in [9.17, 15) is 19.6 Å². The van der Waals surface area contributed by atoms with E-state index < -0.39 is 73.7 Å². The number of nitriles is 1. The van der Waals surface area contributed by atoms with Crippen LogP contribution >= 0.6 is 7.82 Å². The van der Waals surface area contributed by atoms with Gasteiger partial charge in [0, 0.05) is 11.5 Å². The number of alkyl halides is 1. The van der Waals surface area contributed by atoms with Crippen LogP contribution in [0, 0.1) is 35.0 Å². The predicted molar refractivity (Wildman–Crippen MR) is 301 cm³/mol. The number of aromatic nitrogens is 8. The SMILES string of the molecule is CC[C@@H]1[C@@H](C)[C@@H](OP(=O)(OCCC#N)OC[C@H]2O[C@@H](n3cnc4c(NC(=O)c5ccccc5)ncnc43)[C@H](F)[C@@H]2OC(c2ccccc2)(c2ccc(OC)cc2)c2ccc(OC)cc2)C2(n3cnc4c(=O)[nH]c(NC(=O)C(C)C)nc43)C[C@@H]12. The molecule has 2 amide bonds. The molecule has 24 heteroatoms. The summed E-state index contributed by atoms with van der Waals surface area (Å²) in [7, 11) is -1.74. The highest BCUT2D eigenvalue weighted by atomic mass is 31.2. The molecule has 10 atom stereocenters. The highest BCUT2D eigenvalue weighted by Crippen LogP contribution is 2.71. The number of fused-ring (bicyclic) bond motifs is 3. The number of phosphoric ester groups is 1. The van der Waals surface area contributed by atoms with Crippen LogP contribution in [-0.4, -0.2) is 103 Å². The van der Waals surface area contributed by atoms with Gasteiger partial charge in [0.15, 0.2) is 40.5 Å². The van der Waals surface area contributed by atoms with Gasteiger partial charge in [0.1, 0.15) is 35.6 Å². The topological polar surface area (TPSA) is 271 Å².